The highest BCUT2D eigenvalue weighted by molar-refractivity contribution is 5.47. The molecule has 2 aromatic carbocycles. The Balaban J connectivity index is 2.17. The van der Waals surface area contributed by atoms with Crippen molar-refractivity contribution in [3.8, 4) is 0 Å². The fraction of sp³-hybridized carbons (Fsp3) is 0.250. The normalized spacial score (nSPS) is 10.5. The Morgan fingerprint density at radius 1 is 1.00 bits per heavy atom. The first-order valence-corrected chi connectivity index (χ1v) is 6.38. The molecule has 3 heteroatoms. The van der Waals surface area contributed by atoms with Gasteiger partial charge in [-0.1, -0.05) is 31.2 Å². The Kier molecular flexibility index (Phi) is 4.15. The lowest BCUT2D eigenvalue weighted by Crippen LogP contribution is -2.05. The SMILES string of the molecule is CCc1ccccc1CNc1cc(F)c(C)cc1F. The molecule has 1 nitrogen and oxygen atoms in total. The number of nitrogens with one attached hydrogen (secondary N) is 1. The van der Waals surface area contributed by atoms with Gasteiger partial charge in [0, 0.05) is 12.6 Å². The number of hydrogen-bond acceptors (Lipinski definition) is 1. The minimum atomic E-state index is -0.423. The van der Waals surface area contributed by atoms with Gasteiger partial charge in [-0.15, -0.1) is 0 Å². The maximum Gasteiger partial charge on any atom is 0.146 e. The summed E-state index contributed by atoms with van der Waals surface area (Å²) in [5.74, 6) is -0.819. The lowest BCUT2D eigenvalue weighted by Gasteiger charge is -2.11. The first-order valence-electron chi connectivity index (χ1n) is 6.38. The number of halogens is 2. The van der Waals surface area contributed by atoms with Gasteiger partial charge in [0.05, 0.1) is 5.69 Å². The number of benzene rings is 2. The lowest BCUT2D eigenvalue weighted by atomic mass is 10.1. The number of anilines is 1. The van der Waals surface area contributed by atoms with E-state index in [1.54, 1.807) is 6.92 Å². The molecule has 0 amide bonds. The lowest BCUT2D eigenvalue weighted by molar-refractivity contribution is 0.594. The number of rotatable bonds is 4. The maximum absolute atomic E-state index is 13.7. The predicted molar refractivity (Wildman–Crippen MR) is 74.2 cm³/mol. The third kappa shape index (κ3) is 3.11. The van der Waals surface area contributed by atoms with Crippen LogP contribution in [0.1, 0.15) is 23.6 Å². The molecular formula is C16H17F2N. The van der Waals surface area contributed by atoms with Gasteiger partial charge in [0.15, 0.2) is 0 Å². The summed E-state index contributed by atoms with van der Waals surface area (Å²) in [6.07, 6.45) is 0.919. The first kappa shape index (κ1) is 13.5. The predicted octanol–water partition coefficient (Wildman–Crippen LogP) is 4.45. The summed E-state index contributed by atoms with van der Waals surface area (Å²) in [5, 5.41) is 2.96. The summed E-state index contributed by atoms with van der Waals surface area (Å²) >= 11 is 0. The molecule has 2 rings (SSSR count). The Bertz CT molecular complexity index is 579. The molecule has 0 aliphatic rings. The van der Waals surface area contributed by atoms with Crippen LogP contribution in [0.4, 0.5) is 14.5 Å². The van der Waals surface area contributed by atoms with E-state index >= 15 is 0 Å². The van der Waals surface area contributed by atoms with E-state index < -0.39 is 11.6 Å². The van der Waals surface area contributed by atoms with Crippen molar-refractivity contribution in [2.24, 2.45) is 0 Å². The van der Waals surface area contributed by atoms with Gasteiger partial charge in [0.25, 0.3) is 0 Å². The smallest absolute Gasteiger partial charge is 0.146 e. The third-order valence-corrected chi connectivity index (χ3v) is 3.22. The highest BCUT2D eigenvalue weighted by atomic mass is 19.1. The van der Waals surface area contributed by atoms with E-state index in [1.165, 1.54) is 17.7 Å². The summed E-state index contributed by atoms with van der Waals surface area (Å²) in [4.78, 5) is 0. The molecule has 0 atom stereocenters. The van der Waals surface area contributed by atoms with E-state index in [1.807, 2.05) is 24.3 Å². The Morgan fingerprint density at radius 2 is 1.68 bits per heavy atom. The highest BCUT2D eigenvalue weighted by Gasteiger charge is 2.07. The fourth-order valence-corrected chi connectivity index (χ4v) is 2.05. The first-order chi connectivity index (χ1) is 9.11. The van der Waals surface area contributed by atoms with E-state index in [0.29, 0.717) is 12.1 Å². The second-order valence-electron chi connectivity index (χ2n) is 4.56. The van der Waals surface area contributed by atoms with Crippen LogP contribution in [-0.2, 0) is 13.0 Å². The van der Waals surface area contributed by atoms with Crippen LogP contribution >= 0.6 is 0 Å². The number of aryl methyl sites for hydroxylation is 2. The molecule has 0 aliphatic carbocycles. The van der Waals surface area contributed by atoms with Gasteiger partial charge in [0.1, 0.15) is 11.6 Å². The maximum atomic E-state index is 13.7. The summed E-state index contributed by atoms with van der Waals surface area (Å²) in [6, 6.07) is 10.4. The van der Waals surface area contributed by atoms with Gasteiger partial charge < -0.3 is 5.32 Å². The summed E-state index contributed by atoms with van der Waals surface area (Å²) < 4.78 is 27.1. The van der Waals surface area contributed by atoms with E-state index in [4.69, 9.17) is 0 Å². The largest absolute Gasteiger partial charge is 0.379 e. The molecule has 0 saturated carbocycles. The quantitative estimate of drug-likeness (QED) is 0.857. The number of hydrogen-bond donors (Lipinski definition) is 1. The fourth-order valence-electron chi connectivity index (χ4n) is 2.05. The van der Waals surface area contributed by atoms with Crippen molar-refractivity contribution in [2.75, 3.05) is 5.32 Å². The van der Waals surface area contributed by atoms with E-state index in [2.05, 4.69) is 12.2 Å². The molecule has 19 heavy (non-hydrogen) atoms. The van der Waals surface area contributed by atoms with Crippen molar-refractivity contribution in [1.82, 2.24) is 0 Å². The minimum absolute atomic E-state index is 0.203. The molecule has 0 spiro atoms. The van der Waals surface area contributed by atoms with Crippen LogP contribution in [0, 0.1) is 18.6 Å². The standard InChI is InChI=1S/C16H17F2N/c1-3-12-6-4-5-7-13(12)10-19-16-9-14(17)11(2)8-15(16)18/h4-9,19H,3,10H2,1-2H3. The Morgan fingerprint density at radius 3 is 2.37 bits per heavy atom. The van der Waals surface area contributed by atoms with Crippen LogP contribution < -0.4 is 5.32 Å². The molecule has 0 unspecified atom stereocenters. The zero-order valence-corrected chi connectivity index (χ0v) is 11.1. The van der Waals surface area contributed by atoms with Crippen LogP contribution in [0.3, 0.4) is 0 Å². The average molecular weight is 261 g/mol. The van der Waals surface area contributed by atoms with Crippen molar-refractivity contribution in [3.63, 3.8) is 0 Å². The Labute approximate surface area is 112 Å². The van der Waals surface area contributed by atoms with Crippen LogP contribution in [0.15, 0.2) is 36.4 Å². The van der Waals surface area contributed by atoms with Crippen LogP contribution in [-0.4, -0.2) is 0 Å². The van der Waals surface area contributed by atoms with Crippen LogP contribution in [0.5, 0.6) is 0 Å². The highest BCUT2D eigenvalue weighted by Crippen LogP contribution is 2.20. The molecule has 1 N–H and O–H groups in total. The summed E-state index contributed by atoms with van der Waals surface area (Å²) in [7, 11) is 0. The van der Waals surface area contributed by atoms with Crippen molar-refractivity contribution >= 4 is 5.69 Å². The van der Waals surface area contributed by atoms with Crippen molar-refractivity contribution in [1.29, 1.82) is 0 Å². The molecule has 0 radical (unpaired) electrons. The molecule has 0 bridgehead atoms. The molecule has 0 aromatic heterocycles. The molecule has 2 aromatic rings. The van der Waals surface area contributed by atoms with Gasteiger partial charge >= 0.3 is 0 Å². The second kappa shape index (κ2) is 5.83. The minimum Gasteiger partial charge on any atom is -0.379 e. The van der Waals surface area contributed by atoms with E-state index in [0.717, 1.165) is 12.0 Å². The molecule has 0 heterocycles. The monoisotopic (exact) mass is 261 g/mol. The van der Waals surface area contributed by atoms with Gasteiger partial charge in [-0.2, -0.15) is 0 Å². The molecule has 100 valence electrons. The zero-order chi connectivity index (χ0) is 13.8. The summed E-state index contributed by atoms with van der Waals surface area (Å²) in [5.41, 5.74) is 2.83. The Hall–Kier alpha value is -1.90. The van der Waals surface area contributed by atoms with Gasteiger partial charge in [-0.25, -0.2) is 8.78 Å². The third-order valence-electron chi connectivity index (χ3n) is 3.22. The van der Waals surface area contributed by atoms with Crippen molar-refractivity contribution in [3.05, 3.63) is 64.7 Å². The van der Waals surface area contributed by atoms with Gasteiger partial charge in [-0.3, -0.25) is 0 Å². The summed E-state index contributed by atoms with van der Waals surface area (Å²) in [6.45, 7) is 4.11. The van der Waals surface area contributed by atoms with E-state index in [-0.39, 0.29) is 5.69 Å². The second-order valence-corrected chi connectivity index (χ2v) is 4.56. The van der Waals surface area contributed by atoms with E-state index in [9.17, 15) is 8.78 Å². The molecule has 0 saturated heterocycles. The van der Waals surface area contributed by atoms with Gasteiger partial charge in [0.2, 0.25) is 0 Å². The van der Waals surface area contributed by atoms with Gasteiger partial charge in [-0.05, 0) is 36.1 Å². The molecule has 0 aliphatic heterocycles. The van der Waals surface area contributed by atoms with Crippen LogP contribution in [0.25, 0.3) is 0 Å². The van der Waals surface area contributed by atoms with Crippen molar-refractivity contribution in [2.45, 2.75) is 26.8 Å². The zero-order valence-electron chi connectivity index (χ0n) is 11.1. The van der Waals surface area contributed by atoms with Crippen LogP contribution in [0.2, 0.25) is 0 Å². The average Bonchev–Trinajstić information content (AvgIpc) is 2.41. The van der Waals surface area contributed by atoms with Crippen molar-refractivity contribution < 1.29 is 8.78 Å². The molecule has 0 fully saturated rings. The molecular weight excluding hydrogens is 244 g/mol. The topological polar surface area (TPSA) is 12.0 Å².